The summed E-state index contributed by atoms with van der Waals surface area (Å²) in [5.74, 6) is -0.163. The van der Waals surface area contributed by atoms with Gasteiger partial charge in [-0.05, 0) is 31.5 Å². The first-order valence-electron chi connectivity index (χ1n) is 7.12. The van der Waals surface area contributed by atoms with Crippen LogP contribution in [0.1, 0.15) is 23.7 Å². The van der Waals surface area contributed by atoms with E-state index < -0.39 is 11.7 Å². The minimum absolute atomic E-state index is 0.128. The Labute approximate surface area is 127 Å². The third-order valence-corrected chi connectivity index (χ3v) is 4.10. The van der Waals surface area contributed by atoms with Crippen molar-refractivity contribution >= 4 is 5.91 Å². The summed E-state index contributed by atoms with van der Waals surface area (Å²) >= 11 is 0. The molecule has 1 amide bonds. The fourth-order valence-corrected chi connectivity index (χ4v) is 2.53. The second-order valence-corrected chi connectivity index (χ2v) is 5.79. The zero-order valence-electron chi connectivity index (χ0n) is 12.3. The lowest BCUT2D eigenvalue weighted by molar-refractivity contribution is -0.0999. The number of carbonyl (C=O) groups is 1. The van der Waals surface area contributed by atoms with Gasteiger partial charge in [-0.15, -0.1) is 10.2 Å². The Morgan fingerprint density at radius 2 is 2.09 bits per heavy atom. The van der Waals surface area contributed by atoms with Gasteiger partial charge in [-0.2, -0.15) is 0 Å². The van der Waals surface area contributed by atoms with Gasteiger partial charge in [-0.1, -0.05) is 6.07 Å². The van der Waals surface area contributed by atoms with Crippen molar-refractivity contribution in [1.29, 1.82) is 0 Å². The molecule has 2 heterocycles. The number of nitrogens with zero attached hydrogens (tertiary/aromatic N) is 4. The first-order valence-corrected chi connectivity index (χ1v) is 7.12. The number of likely N-dealkylation sites (tertiary alicyclic amines) is 1. The van der Waals surface area contributed by atoms with Crippen molar-refractivity contribution in [3.63, 3.8) is 0 Å². The lowest BCUT2D eigenvalue weighted by atomic mass is 9.90. The maximum Gasteiger partial charge on any atom is 0.254 e. The quantitative estimate of drug-likeness (QED) is 0.828. The van der Waals surface area contributed by atoms with E-state index >= 15 is 0 Å². The van der Waals surface area contributed by atoms with Crippen molar-refractivity contribution in [3.8, 4) is 5.69 Å². The van der Waals surface area contributed by atoms with Crippen LogP contribution in [0.4, 0.5) is 0 Å². The van der Waals surface area contributed by atoms with Crippen LogP contribution in [0.2, 0.25) is 0 Å². The Morgan fingerprint density at radius 3 is 2.77 bits per heavy atom. The summed E-state index contributed by atoms with van der Waals surface area (Å²) in [6.07, 6.45) is 2.54. The van der Waals surface area contributed by atoms with Crippen LogP contribution in [-0.2, 0) is 0 Å². The van der Waals surface area contributed by atoms with Gasteiger partial charge in [-0.25, -0.2) is 0 Å². The van der Waals surface area contributed by atoms with Gasteiger partial charge >= 0.3 is 0 Å². The molecule has 2 aromatic rings. The molecule has 2 atom stereocenters. The van der Waals surface area contributed by atoms with Crippen molar-refractivity contribution in [2.75, 3.05) is 13.1 Å². The van der Waals surface area contributed by atoms with Crippen LogP contribution in [0.25, 0.3) is 5.69 Å². The molecule has 0 unspecified atom stereocenters. The van der Waals surface area contributed by atoms with Gasteiger partial charge in [0.1, 0.15) is 12.7 Å². The molecule has 7 heteroatoms. The number of aliphatic hydroxyl groups is 2. The van der Waals surface area contributed by atoms with Crippen LogP contribution in [-0.4, -0.2) is 60.6 Å². The molecule has 0 aliphatic carbocycles. The molecule has 1 aromatic heterocycles. The predicted octanol–water partition coefficient (Wildman–Crippen LogP) is 0.225. The molecule has 0 spiro atoms. The van der Waals surface area contributed by atoms with Gasteiger partial charge in [0.2, 0.25) is 0 Å². The SMILES string of the molecule is C[C@@]1(O)CCN(C(=O)c2cccc(-n3cnnc3)c2)C[C@H]1O. The molecule has 1 aliphatic heterocycles. The fraction of sp³-hybridized carbons (Fsp3) is 0.400. The van der Waals surface area contributed by atoms with Crippen LogP contribution in [0, 0.1) is 0 Å². The molecular formula is C15H18N4O3. The molecule has 0 bridgehead atoms. The van der Waals surface area contributed by atoms with Crippen molar-refractivity contribution in [1.82, 2.24) is 19.7 Å². The van der Waals surface area contributed by atoms with E-state index in [1.807, 2.05) is 6.07 Å². The number of hydrogen-bond acceptors (Lipinski definition) is 5. The van der Waals surface area contributed by atoms with Gasteiger partial charge < -0.3 is 15.1 Å². The molecule has 1 aliphatic rings. The van der Waals surface area contributed by atoms with E-state index in [2.05, 4.69) is 10.2 Å². The van der Waals surface area contributed by atoms with Gasteiger partial charge in [0.15, 0.2) is 0 Å². The third-order valence-electron chi connectivity index (χ3n) is 4.10. The Morgan fingerprint density at radius 1 is 1.36 bits per heavy atom. The van der Waals surface area contributed by atoms with E-state index in [1.165, 1.54) is 0 Å². The van der Waals surface area contributed by atoms with Crippen LogP contribution >= 0.6 is 0 Å². The molecule has 7 nitrogen and oxygen atoms in total. The molecular weight excluding hydrogens is 284 g/mol. The predicted molar refractivity (Wildman–Crippen MR) is 78.5 cm³/mol. The first kappa shape index (κ1) is 14.7. The molecule has 1 fully saturated rings. The summed E-state index contributed by atoms with van der Waals surface area (Å²) in [6.45, 7) is 2.13. The number of piperidine rings is 1. The number of hydrogen-bond donors (Lipinski definition) is 2. The summed E-state index contributed by atoms with van der Waals surface area (Å²) in [7, 11) is 0. The number of aromatic nitrogens is 3. The van der Waals surface area contributed by atoms with Crippen molar-refractivity contribution < 1.29 is 15.0 Å². The maximum absolute atomic E-state index is 12.6. The van der Waals surface area contributed by atoms with Gasteiger partial charge in [0, 0.05) is 24.3 Å². The van der Waals surface area contributed by atoms with E-state index in [4.69, 9.17) is 0 Å². The van der Waals surface area contributed by atoms with Gasteiger partial charge in [0.25, 0.3) is 5.91 Å². The maximum atomic E-state index is 12.6. The topological polar surface area (TPSA) is 91.5 Å². The summed E-state index contributed by atoms with van der Waals surface area (Å²) < 4.78 is 1.71. The lowest BCUT2D eigenvalue weighted by Crippen LogP contribution is -2.55. The molecule has 0 saturated carbocycles. The zero-order valence-corrected chi connectivity index (χ0v) is 12.3. The van der Waals surface area contributed by atoms with Crippen molar-refractivity contribution in [2.45, 2.75) is 25.0 Å². The van der Waals surface area contributed by atoms with Crippen LogP contribution < -0.4 is 0 Å². The Kier molecular flexibility index (Phi) is 3.67. The minimum Gasteiger partial charge on any atom is -0.388 e. The minimum atomic E-state index is -1.14. The van der Waals surface area contributed by atoms with Crippen LogP contribution in [0.5, 0.6) is 0 Å². The molecule has 1 saturated heterocycles. The number of amides is 1. The normalized spacial score (nSPS) is 25.2. The zero-order chi connectivity index (χ0) is 15.7. The van der Waals surface area contributed by atoms with Crippen molar-refractivity contribution in [2.24, 2.45) is 0 Å². The van der Waals surface area contributed by atoms with E-state index in [0.29, 0.717) is 18.5 Å². The van der Waals surface area contributed by atoms with E-state index in [1.54, 1.807) is 47.2 Å². The van der Waals surface area contributed by atoms with Crippen LogP contribution in [0.3, 0.4) is 0 Å². The highest BCUT2D eigenvalue weighted by Crippen LogP contribution is 2.23. The molecule has 3 rings (SSSR count). The van der Waals surface area contributed by atoms with E-state index in [0.717, 1.165) is 5.69 Å². The molecule has 116 valence electrons. The Bertz CT molecular complexity index is 669. The summed E-state index contributed by atoms with van der Waals surface area (Å²) in [6, 6.07) is 7.13. The molecule has 1 aromatic carbocycles. The highest BCUT2D eigenvalue weighted by atomic mass is 16.3. The Balaban J connectivity index is 1.80. The smallest absolute Gasteiger partial charge is 0.254 e. The van der Waals surface area contributed by atoms with Gasteiger partial charge in [0.05, 0.1) is 11.7 Å². The average Bonchev–Trinajstić information content (AvgIpc) is 3.04. The monoisotopic (exact) mass is 302 g/mol. The highest BCUT2D eigenvalue weighted by molar-refractivity contribution is 5.94. The van der Waals surface area contributed by atoms with E-state index in [9.17, 15) is 15.0 Å². The second-order valence-electron chi connectivity index (χ2n) is 5.79. The van der Waals surface area contributed by atoms with Crippen LogP contribution in [0.15, 0.2) is 36.9 Å². The number of rotatable bonds is 2. The second kappa shape index (κ2) is 5.51. The van der Waals surface area contributed by atoms with E-state index in [-0.39, 0.29) is 12.5 Å². The lowest BCUT2D eigenvalue weighted by Gasteiger charge is -2.39. The largest absolute Gasteiger partial charge is 0.388 e. The average molecular weight is 302 g/mol. The highest BCUT2D eigenvalue weighted by Gasteiger charge is 2.38. The number of aliphatic hydroxyl groups excluding tert-OH is 1. The van der Waals surface area contributed by atoms with Crippen molar-refractivity contribution in [3.05, 3.63) is 42.5 Å². The fourth-order valence-electron chi connectivity index (χ4n) is 2.53. The molecule has 2 N–H and O–H groups in total. The van der Waals surface area contributed by atoms with Gasteiger partial charge in [-0.3, -0.25) is 9.36 Å². The summed E-state index contributed by atoms with van der Waals surface area (Å²) in [5, 5.41) is 27.4. The number of carbonyl (C=O) groups excluding carboxylic acids is 1. The summed E-state index contributed by atoms with van der Waals surface area (Å²) in [4.78, 5) is 14.1. The Hall–Kier alpha value is -2.25. The third kappa shape index (κ3) is 2.72. The first-order chi connectivity index (χ1) is 10.5. The number of β-amino-alcohol motifs (C(OH)–C–C–N with tert-alkyl or cyclic N) is 1. The summed E-state index contributed by atoms with van der Waals surface area (Å²) in [5.41, 5.74) is 0.182. The molecule has 22 heavy (non-hydrogen) atoms. The number of benzene rings is 1. The standard InChI is InChI=1S/C15H18N4O3/c1-15(22)5-6-18(8-13(15)20)14(21)11-3-2-4-12(7-11)19-9-16-17-10-19/h2-4,7,9-10,13,20,22H,5-6,8H2,1H3/t13-,15-/m1/s1. The molecule has 0 radical (unpaired) electrons.